The molecule has 7 heteroatoms. The number of carbonyl (C=O) groups excluding carboxylic acids is 2. The highest BCUT2D eigenvalue weighted by Gasteiger charge is 2.31. The van der Waals surface area contributed by atoms with Crippen molar-refractivity contribution in [3.05, 3.63) is 35.9 Å². The number of hydrogen-bond acceptors (Lipinski definition) is 4. The average molecular weight is 280 g/mol. The van der Waals surface area contributed by atoms with E-state index in [4.69, 9.17) is 5.11 Å². The molecule has 0 aliphatic carbocycles. The third-order valence-corrected chi connectivity index (χ3v) is 3.54. The van der Waals surface area contributed by atoms with Crippen molar-refractivity contribution in [3.63, 3.8) is 0 Å². The molecule has 2 atom stereocenters. The second-order valence-corrected chi connectivity index (χ2v) is 4.98. The van der Waals surface area contributed by atoms with E-state index < -0.39 is 24.0 Å². The molecule has 3 N–H and O–H groups in total. The van der Waals surface area contributed by atoms with Crippen molar-refractivity contribution in [3.8, 4) is 0 Å². The number of rotatable bonds is 4. The molecule has 1 fully saturated rings. The summed E-state index contributed by atoms with van der Waals surface area (Å²) in [5.41, 5.74) is 0.486. The number of carboxylic acid groups (broad SMARTS) is 1. The third kappa shape index (κ3) is 3.25. The highest BCUT2D eigenvalue weighted by atomic mass is 32.2. The molecule has 1 aliphatic heterocycles. The Labute approximate surface area is 113 Å². The molecule has 6 nitrogen and oxygen atoms in total. The lowest BCUT2D eigenvalue weighted by Gasteiger charge is -2.17. The number of thioether (sulfide) groups is 1. The fourth-order valence-corrected chi connectivity index (χ4v) is 2.48. The zero-order valence-electron chi connectivity index (χ0n) is 9.83. The lowest BCUT2D eigenvalue weighted by Crippen LogP contribution is -2.45. The third-order valence-electron chi connectivity index (χ3n) is 2.66. The van der Waals surface area contributed by atoms with Crippen LogP contribution in [0.25, 0.3) is 0 Å². The van der Waals surface area contributed by atoms with Gasteiger partial charge < -0.3 is 15.7 Å². The molecule has 0 radical (unpaired) electrons. The van der Waals surface area contributed by atoms with Gasteiger partial charge in [0.1, 0.15) is 6.04 Å². The Morgan fingerprint density at radius 2 is 2.05 bits per heavy atom. The SMILES string of the molecule is O=C1N[C@H](C(=O)N[C@@H](C(=O)O)c2ccccc2)CS1. The predicted molar refractivity (Wildman–Crippen MR) is 69.7 cm³/mol. The van der Waals surface area contributed by atoms with Gasteiger partial charge in [-0.05, 0) is 5.56 Å². The van der Waals surface area contributed by atoms with Gasteiger partial charge in [0.05, 0.1) is 0 Å². The van der Waals surface area contributed by atoms with Crippen LogP contribution in [0.4, 0.5) is 4.79 Å². The monoisotopic (exact) mass is 280 g/mol. The Kier molecular flexibility index (Phi) is 4.06. The molecule has 2 amide bonds. The highest BCUT2D eigenvalue weighted by molar-refractivity contribution is 8.14. The predicted octanol–water partition coefficient (Wildman–Crippen LogP) is 0.754. The second-order valence-electron chi connectivity index (χ2n) is 3.99. The minimum atomic E-state index is -1.14. The van der Waals surface area contributed by atoms with Crippen LogP contribution in [0.5, 0.6) is 0 Å². The van der Waals surface area contributed by atoms with Crippen molar-refractivity contribution in [2.75, 3.05) is 5.75 Å². The molecule has 1 aromatic rings. The quantitative estimate of drug-likeness (QED) is 0.756. The van der Waals surface area contributed by atoms with Gasteiger partial charge in [-0.25, -0.2) is 4.79 Å². The Morgan fingerprint density at radius 3 is 2.58 bits per heavy atom. The number of amides is 2. The largest absolute Gasteiger partial charge is 0.479 e. The minimum absolute atomic E-state index is 0.272. The maximum atomic E-state index is 11.9. The standard InChI is InChI=1S/C12H12N2O4S/c15-10(8-6-19-12(18)13-8)14-9(11(16)17)7-4-2-1-3-5-7/h1-5,8-9H,6H2,(H,13,18)(H,14,15)(H,16,17)/t8-,9+/m0/s1. The fourth-order valence-electron chi connectivity index (χ4n) is 1.70. The summed E-state index contributed by atoms with van der Waals surface area (Å²) in [5, 5.41) is 13.8. The Balaban J connectivity index is 2.07. The van der Waals surface area contributed by atoms with Crippen LogP contribution < -0.4 is 10.6 Å². The van der Waals surface area contributed by atoms with E-state index in [0.29, 0.717) is 11.3 Å². The van der Waals surface area contributed by atoms with Crippen LogP contribution in [0.1, 0.15) is 11.6 Å². The molecule has 0 unspecified atom stereocenters. The van der Waals surface area contributed by atoms with Crippen LogP contribution in [0.3, 0.4) is 0 Å². The van der Waals surface area contributed by atoms with Gasteiger partial charge in [-0.1, -0.05) is 42.1 Å². The number of carboxylic acids is 1. The lowest BCUT2D eigenvalue weighted by atomic mass is 10.1. The smallest absolute Gasteiger partial charge is 0.330 e. The molecule has 100 valence electrons. The molecule has 0 spiro atoms. The van der Waals surface area contributed by atoms with Crippen molar-refractivity contribution < 1.29 is 19.5 Å². The van der Waals surface area contributed by atoms with E-state index in [-0.39, 0.29) is 5.24 Å². The fraction of sp³-hybridized carbons (Fsp3) is 0.250. The van der Waals surface area contributed by atoms with E-state index in [1.54, 1.807) is 30.3 Å². The summed E-state index contributed by atoms with van der Waals surface area (Å²) in [6.45, 7) is 0. The first kappa shape index (κ1) is 13.4. The molecule has 0 aromatic heterocycles. The van der Waals surface area contributed by atoms with Crippen LogP contribution in [0.15, 0.2) is 30.3 Å². The summed E-state index contributed by atoms with van der Waals surface area (Å²) in [7, 11) is 0. The van der Waals surface area contributed by atoms with Crippen LogP contribution in [0.2, 0.25) is 0 Å². The van der Waals surface area contributed by atoms with Gasteiger partial charge in [0, 0.05) is 5.75 Å². The van der Waals surface area contributed by atoms with Crippen molar-refractivity contribution in [2.45, 2.75) is 12.1 Å². The van der Waals surface area contributed by atoms with E-state index in [9.17, 15) is 14.4 Å². The van der Waals surface area contributed by atoms with Gasteiger partial charge in [0.2, 0.25) is 5.91 Å². The minimum Gasteiger partial charge on any atom is -0.479 e. The number of nitrogens with one attached hydrogen (secondary N) is 2. The molecule has 19 heavy (non-hydrogen) atoms. The maximum Gasteiger partial charge on any atom is 0.330 e. The van der Waals surface area contributed by atoms with E-state index in [1.807, 2.05) is 0 Å². The number of benzene rings is 1. The molecule has 1 aromatic carbocycles. The molecule has 1 saturated heterocycles. The topological polar surface area (TPSA) is 95.5 Å². The van der Waals surface area contributed by atoms with Gasteiger partial charge in [-0.15, -0.1) is 0 Å². The first-order chi connectivity index (χ1) is 9.08. The summed E-state index contributed by atoms with van der Waals surface area (Å²) in [4.78, 5) is 34.1. The molecule has 0 bridgehead atoms. The highest BCUT2D eigenvalue weighted by Crippen LogP contribution is 2.16. The van der Waals surface area contributed by atoms with Crippen LogP contribution in [0, 0.1) is 0 Å². The Morgan fingerprint density at radius 1 is 1.37 bits per heavy atom. The Bertz CT molecular complexity index is 506. The van der Waals surface area contributed by atoms with Gasteiger partial charge in [-0.2, -0.15) is 0 Å². The van der Waals surface area contributed by atoms with E-state index in [2.05, 4.69) is 10.6 Å². The maximum absolute atomic E-state index is 11.9. The van der Waals surface area contributed by atoms with Crippen LogP contribution in [-0.2, 0) is 9.59 Å². The lowest BCUT2D eigenvalue weighted by molar-refractivity contribution is -0.142. The zero-order valence-corrected chi connectivity index (χ0v) is 10.6. The van der Waals surface area contributed by atoms with Gasteiger partial charge >= 0.3 is 5.97 Å². The van der Waals surface area contributed by atoms with Crippen molar-refractivity contribution in [1.82, 2.24) is 10.6 Å². The first-order valence-corrected chi connectivity index (χ1v) is 6.58. The number of aliphatic carboxylic acids is 1. The summed E-state index contributed by atoms with van der Waals surface area (Å²) in [6, 6.07) is 6.62. The summed E-state index contributed by atoms with van der Waals surface area (Å²) in [5.74, 6) is -1.32. The van der Waals surface area contributed by atoms with E-state index in [0.717, 1.165) is 11.8 Å². The second kappa shape index (κ2) is 5.75. The van der Waals surface area contributed by atoms with Gasteiger partial charge in [0.25, 0.3) is 5.24 Å². The molecular weight excluding hydrogens is 268 g/mol. The number of carbonyl (C=O) groups is 3. The van der Waals surface area contributed by atoms with Crippen LogP contribution in [-0.4, -0.2) is 34.0 Å². The summed E-state index contributed by atoms with van der Waals surface area (Å²) < 4.78 is 0. The summed E-state index contributed by atoms with van der Waals surface area (Å²) >= 11 is 1.01. The normalized spacial score (nSPS) is 19.6. The average Bonchev–Trinajstić information content (AvgIpc) is 2.83. The first-order valence-electron chi connectivity index (χ1n) is 5.59. The zero-order chi connectivity index (χ0) is 13.8. The molecule has 2 rings (SSSR count). The number of hydrogen-bond donors (Lipinski definition) is 3. The van der Waals surface area contributed by atoms with Crippen molar-refractivity contribution >= 4 is 28.9 Å². The molecule has 1 aliphatic rings. The molecule has 0 saturated carbocycles. The van der Waals surface area contributed by atoms with E-state index in [1.165, 1.54) is 0 Å². The van der Waals surface area contributed by atoms with Gasteiger partial charge in [0.15, 0.2) is 6.04 Å². The van der Waals surface area contributed by atoms with Crippen LogP contribution >= 0.6 is 11.8 Å². The van der Waals surface area contributed by atoms with Gasteiger partial charge in [-0.3, -0.25) is 9.59 Å². The summed E-state index contributed by atoms with van der Waals surface area (Å²) in [6.07, 6.45) is 0. The molecule has 1 heterocycles. The van der Waals surface area contributed by atoms with Crippen molar-refractivity contribution in [1.29, 1.82) is 0 Å². The van der Waals surface area contributed by atoms with Crippen molar-refractivity contribution in [2.24, 2.45) is 0 Å². The molecular formula is C12H12N2O4S. The van der Waals surface area contributed by atoms with E-state index >= 15 is 0 Å². The Hall–Kier alpha value is -2.02.